The van der Waals surface area contributed by atoms with E-state index in [9.17, 15) is 9.90 Å². The third kappa shape index (κ3) is 6.06. The zero-order valence-electron chi connectivity index (χ0n) is 15.2. The number of unbranched alkanes of at least 4 members (excludes halogenated alkanes) is 1. The molecule has 0 saturated carbocycles. The number of aromatic hydroxyl groups is 1. The Morgan fingerprint density at radius 3 is 2.35 bits per heavy atom. The molecule has 0 atom stereocenters. The highest BCUT2D eigenvalue weighted by atomic mass is 79.9. The SMILES string of the molecule is CC(C)C(=O)Cc1ccc(OCCCCOc2ccccc2)c(Br)c1O. The molecule has 26 heavy (non-hydrogen) atoms. The molecule has 2 rings (SSSR count). The van der Waals surface area contributed by atoms with Crippen LogP contribution >= 0.6 is 15.9 Å². The molecule has 0 radical (unpaired) electrons. The van der Waals surface area contributed by atoms with Gasteiger partial charge in [-0.25, -0.2) is 0 Å². The van der Waals surface area contributed by atoms with E-state index in [4.69, 9.17) is 9.47 Å². The minimum Gasteiger partial charge on any atom is -0.506 e. The summed E-state index contributed by atoms with van der Waals surface area (Å²) in [5, 5.41) is 10.3. The number of ether oxygens (including phenoxy) is 2. The van der Waals surface area contributed by atoms with Gasteiger partial charge in [-0.15, -0.1) is 0 Å². The van der Waals surface area contributed by atoms with Gasteiger partial charge in [-0.05, 0) is 47.0 Å². The molecule has 0 spiro atoms. The van der Waals surface area contributed by atoms with Crippen LogP contribution in [-0.4, -0.2) is 24.1 Å². The Kier molecular flexibility index (Phi) is 7.98. The molecule has 5 heteroatoms. The van der Waals surface area contributed by atoms with Crippen molar-refractivity contribution in [3.05, 3.63) is 52.5 Å². The average molecular weight is 421 g/mol. The number of ketones is 1. The fraction of sp³-hybridized carbons (Fsp3) is 0.381. The van der Waals surface area contributed by atoms with Gasteiger partial charge in [0.15, 0.2) is 0 Å². The fourth-order valence-corrected chi connectivity index (χ4v) is 2.83. The van der Waals surface area contributed by atoms with E-state index in [1.54, 1.807) is 12.1 Å². The van der Waals surface area contributed by atoms with E-state index < -0.39 is 0 Å². The highest BCUT2D eigenvalue weighted by Gasteiger charge is 2.15. The molecule has 0 unspecified atom stereocenters. The smallest absolute Gasteiger partial charge is 0.139 e. The second kappa shape index (κ2) is 10.2. The van der Waals surface area contributed by atoms with Crippen LogP contribution in [0.4, 0.5) is 0 Å². The van der Waals surface area contributed by atoms with E-state index in [-0.39, 0.29) is 23.9 Å². The zero-order chi connectivity index (χ0) is 18.9. The van der Waals surface area contributed by atoms with Gasteiger partial charge in [0.1, 0.15) is 27.5 Å². The van der Waals surface area contributed by atoms with Crippen molar-refractivity contribution in [2.24, 2.45) is 5.92 Å². The van der Waals surface area contributed by atoms with Crippen molar-refractivity contribution in [1.82, 2.24) is 0 Å². The number of phenolic OH excluding ortho intramolecular Hbond substituents is 1. The van der Waals surface area contributed by atoms with E-state index in [2.05, 4.69) is 15.9 Å². The van der Waals surface area contributed by atoms with Gasteiger partial charge in [0.05, 0.1) is 13.2 Å². The van der Waals surface area contributed by atoms with Crippen molar-refractivity contribution in [2.45, 2.75) is 33.1 Å². The fourth-order valence-electron chi connectivity index (χ4n) is 2.32. The molecule has 4 nitrogen and oxygen atoms in total. The summed E-state index contributed by atoms with van der Waals surface area (Å²) in [6.07, 6.45) is 1.94. The average Bonchev–Trinajstić information content (AvgIpc) is 2.64. The quantitative estimate of drug-likeness (QED) is 0.539. The first-order valence-electron chi connectivity index (χ1n) is 8.82. The Morgan fingerprint density at radius 1 is 1.04 bits per heavy atom. The van der Waals surface area contributed by atoms with E-state index in [1.165, 1.54) is 0 Å². The summed E-state index contributed by atoms with van der Waals surface area (Å²) in [4.78, 5) is 11.9. The van der Waals surface area contributed by atoms with Crippen molar-refractivity contribution in [2.75, 3.05) is 13.2 Å². The van der Waals surface area contributed by atoms with E-state index in [0.29, 0.717) is 29.0 Å². The summed E-state index contributed by atoms with van der Waals surface area (Å²) in [5.41, 5.74) is 0.610. The molecule has 2 aromatic carbocycles. The first-order chi connectivity index (χ1) is 12.5. The largest absolute Gasteiger partial charge is 0.506 e. The van der Waals surface area contributed by atoms with Gasteiger partial charge >= 0.3 is 0 Å². The van der Waals surface area contributed by atoms with Crippen LogP contribution in [0.2, 0.25) is 0 Å². The second-order valence-electron chi connectivity index (χ2n) is 6.40. The molecule has 140 valence electrons. The summed E-state index contributed by atoms with van der Waals surface area (Å²) in [6.45, 7) is 4.87. The van der Waals surface area contributed by atoms with Gasteiger partial charge < -0.3 is 14.6 Å². The summed E-state index contributed by atoms with van der Waals surface area (Å²) in [7, 11) is 0. The van der Waals surface area contributed by atoms with Crippen molar-refractivity contribution in [3.8, 4) is 17.2 Å². The van der Waals surface area contributed by atoms with Crippen molar-refractivity contribution in [1.29, 1.82) is 0 Å². The van der Waals surface area contributed by atoms with Gasteiger partial charge in [0.25, 0.3) is 0 Å². The molecule has 0 heterocycles. The Balaban J connectivity index is 1.77. The topological polar surface area (TPSA) is 55.8 Å². The first-order valence-corrected chi connectivity index (χ1v) is 9.62. The lowest BCUT2D eigenvalue weighted by Crippen LogP contribution is -2.10. The number of carbonyl (C=O) groups is 1. The number of benzene rings is 2. The zero-order valence-corrected chi connectivity index (χ0v) is 16.8. The third-order valence-electron chi connectivity index (χ3n) is 3.98. The first kappa shape index (κ1) is 20.3. The molecular formula is C21H25BrO4. The maximum absolute atomic E-state index is 11.9. The molecule has 0 saturated heterocycles. The standard InChI is InChI=1S/C21H25BrO4/c1-15(2)18(23)14-16-10-11-19(20(22)21(16)24)26-13-7-6-12-25-17-8-4-3-5-9-17/h3-5,8-11,15,24H,6-7,12-14H2,1-2H3. The van der Waals surface area contributed by atoms with Crippen LogP contribution in [0.25, 0.3) is 0 Å². The Hall–Kier alpha value is -2.01. The number of carbonyl (C=O) groups excluding carboxylic acids is 1. The molecule has 0 aliphatic heterocycles. The molecule has 0 aliphatic carbocycles. The lowest BCUT2D eigenvalue weighted by molar-refractivity contribution is -0.121. The number of rotatable bonds is 10. The predicted octanol–water partition coefficient (Wildman–Crippen LogP) is 5.16. The van der Waals surface area contributed by atoms with Crippen LogP contribution in [0.3, 0.4) is 0 Å². The molecule has 0 bridgehead atoms. The molecule has 0 fully saturated rings. The summed E-state index contributed by atoms with van der Waals surface area (Å²) in [5.74, 6) is 1.56. The lowest BCUT2D eigenvalue weighted by Gasteiger charge is -2.13. The number of hydrogen-bond acceptors (Lipinski definition) is 4. The molecule has 0 aliphatic rings. The summed E-state index contributed by atoms with van der Waals surface area (Å²) >= 11 is 3.36. The number of hydrogen-bond donors (Lipinski definition) is 1. The number of phenols is 1. The number of halogens is 1. The summed E-state index contributed by atoms with van der Waals surface area (Å²) < 4.78 is 11.9. The normalized spacial score (nSPS) is 10.8. The highest BCUT2D eigenvalue weighted by molar-refractivity contribution is 9.10. The van der Waals surface area contributed by atoms with Gasteiger partial charge in [-0.2, -0.15) is 0 Å². The van der Waals surface area contributed by atoms with Gasteiger partial charge in [-0.1, -0.05) is 38.1 Å². The molecule has 2 aromatic rings. The maximum atomic E-state index is 11.9. The van der Waals surface area contributed by atoms with E-state index >= 15 is 0 Å². The second-order valence-corrected chi connectivity index (χ2v) is 7.19. The van der Waals surface area contributed by atoms with Crippen LogP contribution in [0.5, 0.6) is 17.2 Å². The van der Waals surface area contributed by atoms with Crippen LogP contribution in [0.1, 0.15) is 32.3 Å². The molecule has 0 aromatic heterocycles. The van der Waals surface area contributed by atoms with Crippen LogP contribution in [-0.2, 0) is 11.2 Å². The lowest BCUT2D eigenvalue weighted by atomic mass is 10.0. The highest BCUT2D eigenvalue weighted by Crippen LogP contribution is 2.37. The van der Waals surface area contributed by atoms with Gasteiger partial charge in [0, 0.05) is 17.9 Å². The number of Topliss-reactive ketones (excluding diaryl/α,β-unsaturated/α-hetero) is 1. The van der Waals surface area contributed by atoms with Crippen LogP contribution in [0, 0.1) is 5.92 Å². The number of para-hydroxylation sites is 1. The van der Waals surface area contributed by atoms with Crippen LogP contribution in [0.15, 0.2) is 46.9 Å². The Labute approximate surface area is 163 Å². The third-order valence-corrected chi connectivity index (χ3v) is 4.75. The van der Waals surface area contributed by atoms with E-state index in [0.717, 1.165) is 18.6 Å². The predicted molar refractivity (Wildman–Crippen MR) is 106 cm³/mol. The van der Waals surface area contributed by atoms with Crippen molar-refractivity contribution >= 4 is 21.7 Å². The molecule has 1 N–H and O–H groups in total. The van der Waals surface area contributed by atoms with Gasteiger partial charge in [0.2, 0.25) is 0 Å². The molecular weight excluding hydrogens is 396 g/mol. The maximum Gasteiger partial charge on any atom is 0.139 e. The minimum absolute atomic E-state index is 0.0535. The van der Waals surface area contributed by atoms with Crippen molar-refractivity contribution in [3.63, 3.8) is 0 Å². The summed E-state index contributed by atoms with van der Waals surface area (Å²) in [6, 6.07) is 13.2. The Bertz CT molecular complexity index is 713. The van der Waals surface area contributed by atoms with Crippen LogP contribution < -0.4 is 9.47 Å². The van der Waals surface area contributed by atoms with Gasteiger partial charge in [-0.3, -0.25) is 4.79 Å². The molecule has 0 amide bonds. The Morgan fingerprint density at radius 2 is 1.69 bits per heavy atom. The van der Waals surface area contributed by atoms with Crippen molar-refractivity contribution < 1.29 is 19.4 Å². The monoisotopic (exact) mass is 420 g/mol. The minimum atomic E-state index is -0.0535. The van der Waals surface area contributed by atoms with E-state index in [1.807, 2.05) is 44.2 Å².